The van der Waals surface area contributed by atoms with Gasteiger partial charge < -0.3 is 15.2 Å². The van der Waals surface area contributed by atoms with E-state index in [1.54, 1.807) is 8.93 Å². The maximum Gasteiger partial charge on any atom is 0.303 e. The predicted molar refractivity (Wildman–Crippen MR) is 92.3 cm³/mol. The molecule has 20 heavy (non-hydrogen) atoms. The molecule has 1 aromatic carbocycles. The van der Waals surface area contributed by atoms with Crippen LogP contribution in [0.5, 0.6) is 0 Å². The molecule has 0 aliphatic heterocycles. The Morgan fingerprint density at radius 1 is 1.35 bits per heavy atom. The van der Waals surface area contributed by atoms with Gasteiger partial charge in [-0.25, -0.2) is 0 Å². The van der Waals surface area contributed by atoms with Gasteiger partial charge in [-0.3, -0.25) is 4.79 Å². The lowest BCUT2D eigenvalue weighted by molar-refractivity contribution is -0.136. The second-order valence-corrected chi connectivity index (χ2v) is 6.50. The van der Waals surface area contributed by atoms with E-state index >= 15 is 0 Å². The quantitative estimate of drug-likeness (QED) is 0.393. The van der Waals surface area contributed by atoms with Crippen molar-refractivity contribution in [2.75, 3.05) is 12.8 Å². The van der Waals surface area contributed by atoms with Gasteiger partial charge in [0.05, 0.1) is 0 Å². The highest BCUT2D eigenvalue weighted by Gasteiger charge is 1.98. The monoisotopic (exact) mass is 409 g/mol. The Balaban J connectivity index is 0.000000511. The largest absolute Gasteiger partial charge is 0.481 e. The minimum absolute atomic E-state index is 0.200. The highest BCUT2D eigenvalue weighted by molar-refractivity contribution is 14.2. The van der Waals surface area contributed by atoms with Crippen LogP contribution in [-0.4, -0.2) is 30.2 Å². The first-order valence-electron chi connectivity index (χ1n) is 6.25. The zero-order chi connectivity index (χ0) is 15.2. The molecule has 0 heterocycles. The Morgan fingerprint density at radius 3 is 2.35 bits per heavy atom. The summed E-state index contributed by atoms with van der Waals surface area (Å²) < 4.78 is 0. The average molecular weight is 409 g/mol. The van der Waals surface area contributed by atoms with E-state index in [9.17, 15) is 9.59 Å². The Kier molecular flexibility index (Phi) is 13.0. The summed E-state index contributed by atoms with van der Waals surface area (Å²) in [6.45, 7) is 0.846. The SMILES string of the molecule is CNCc1ccc(CCC(=O)O)cc1.O=CCCSI. The number of halogens is 1. The third kappa shape index (κ3) is 11.2. The summed E-state index contributed by atoms with van der Waals surface area (Å²) in [5.41, 5.74) is 2.29. The Bertz CT molecular complexity index is 385. The van der Waals surface area contributed by atoms with Gasteiger partial charge >= 0.3 is 5.97 Å². The number of carbonyl (C=O) groups is 2. The van der Waals surface area contributed by atoms with Crippen LogP contribution in [0.25, 0.3) is 0 Å². The zero-order valence-electron chi connectivity index (χ0n) is 11.5. The smallest absolute Gasteiger partial charge is 0.303 e. The van der Waals surface area contributed by atoms with E-state index in [4.69, 9.17) is 5.11 Å². The highest BCUT2D eigenvalue weighted by Crippen LogP contribution is 2.10. The fraction of sp³-hybridized carbons (Fsp3) is 0.429. The van der Waals surface area contributed by atoms with Gasteiger partial charge in [0, 0.05) is 25.1 Å². The van der Waals surface area contributed by atoms with E-state index in [-0.39, 0.29) is 6.42 Å². The molecule has 0 amide bonds. The van der Waals surface area contributed by atoms with Crippen molar-refractivity contribution >= 4 is 42.4 Å². The van der Waals surface area contributed by atoms with Gasteiger partial charge in [0.25, 0.3) is 0 Å². The topological polar surface area (TPSA) is 66.4 Å². The average Bonchev–Trinajstić information content (AvgIpc) is 2.45. The Labute approximate surface area is 136 Å². The standard InChI is InChI=1S/C11H15NO2.C3H5IOS/c1-12-8-10-4-2-9(3-5-10)6-7-11(13)14;4-6-3-1-2-5/h2-5,12H,6-8H2,1H3,(H,13,14);2H,1,3H2. The zero-order valence-corrected chi connectivity index (χ0v) is 14.4. The first-order chi connectivity index (χ1) is 9.63. The van der Waals surface area contributed by atoms with E-state index in [2.05, 4.69) is 26.5 Å². The van der Waals surface area contributed by atoms with Gasteiger partial charge in [-0.1, -0.05) is 33.2 Å². The lowest BCUT2D eigenvalue weighted by Crippen LogP contribution is -2.04. The molecule has 0 saturated carbocycles. The predicted octanol–water partition coefficient (Wildman–Crippen LogP) is 3.08. The number of carboxylic acids is 1. The Morgan fingerprint density at radius 2 is 1.95 bits per heavy atom. The Hall–Kier alpha value is -0.600. The van der Waals surface area contributed by atoms with Crippen LogP contribution in [0.15, 0.2) is 24.3 Å². The summed E-state index contributed by atoms with van der Waals surface area (Å²) in [6, 6.07) is 8.01. The number of hydrogen-bond donors (Lipinski definition) is 2. The summed E-state index contributed by atoms with van der Waals surface area (Å²) in [7, 11) is 3.57. The molecule has 0 aromatic heterocycles. The minimum Gasteiger partial charge on any atom is -0.481 e. The summed E-state index contributed by atoms with van der Waals surface area (Å²) in [4.78, 5) is 19.9. The van der Waals surface area contributed by atoms with Crippen LogP contribution in [0.2, 0.25) is 0 Å². The number of carboxylic acid groups (broad SMARTS) is 1. The van der Waals surface area contributed by atoms with Crippen molar-refractivity contribution < 1.29 is 14.7 Å². The molecule has 0 bridgehead atoms. The molecule has 0 aliphatic rings. The third-order valence-electron chi connectivity index (χ3n) is 2.34. The maximum atomic E-state index is 10.3. The van der Waals surface area contributed by atoms with E-state index in [1.807, 2.05) is 31.3 Å². The number of aryl methyl sites for hydroxylation is 1. The molecule has 1 aromatic rings. The summed E-state index contributed by atoms with van der Waals surface area (Å²) in [5, 5.41) is 11.6. The van der Waals surface area contributed by atoms with Crippen molar-refractivity contribution in [2.24, 2.45) is 0 Å². The summed E-state index contributed by atoms with van der Waals surface area (Å²) in [6.07, 6.45) is 2.43. The fourth-order valence-corrected chi connectivity index (χ4v) is 2.32. The van der Waals surface area contributed by atoms with Gasteiger partial charge in [-0.15, -0.1) is 0 Å². The number of aliphatic carboxylic acids is 1. The molecule has 0 saturated heterocycles. The molecular formula is C14H20INO3S. The third-order valence-corrected chi connectivity index (χ3v) is 4.06. The number of nitrogens with one attached hydrogen (secondary N) is 1. The lowest BCUT2D eigenvalue weighted by atomic mass is 10.1. The maximum absolute atomic E-state index is 10.3. The van der Waals surface area contributed by atoms with Crippen molar-refractivity contribution in [3.63, 3.8) is 0 Å². The van der Waals surface area contributed by atoms with Crippen molar-refractivity contribution in [1.29, 1.82) is 0 Å². The van der Waals surface area contributed by atoms with Crippen LogP contribution in [0, 0.1) is 0 Å². The number of rotatable bonds is 8. The molecule has 6 heteroatoms. The van der Waals surface area contributed by atoms with Crippen LogP contribution in [0.1, 0.15) is 24.0 Å². The molecule has 0 atom stereocenters. The second-order valence-electron chi connectivity index (χ2n) is 4.01. The molecule has 0 fully saturated rings. The molecular weight excluding hydrogens is 389 g/mol. The normalized spacial score (nSPS) is 9.50. The molecule has 112 valence electrons. The van der Waals surface area contributed by atoms with E-state index in [1.165, 1.54) is 5.56 Å². The van der Waals surface area contributed by atoms with Gasteiger partial charge in [0.1, 0.15) is 6.29 Å². The molecule has 0 unspecified atom stereocenters. The van der Waals surface area contributed by atoms with Crippen molar-refractivity contribution in [3.05, 3.63) is 35.4 Å². The van der Waals surface area contributed by atoms with Crippen LogP contribution in [-0.2, 0) is 22.6 Å². The molecule has 0 spiro atoms. The molecule has 0 radical (unpaired) electrons. The summed E-state index contributed by atoms with van der Waals surface area (Å²) in [5.74, 6) is 0.202. The van der Waals surface area contributed by atoms with Crippen molar-refractivity contribution in [1.82, 2.24) is 5.32 Å². The van der Waals surface area contributed by atoms with Gasteiger partial charge in [-0.05, 0) is 45.8 Å². The molecule has 1 rings (SSSR count). The number of hydrogen-bond acceptors (Lipinski definition) is 4. The first kappa shape index (κ1) is 19.4. The number of aldehydes is 1. The molecule has 2 N–H and O–H groups in total. The van der Waals surface area contributed by atoms with Gasteiger partial charge in [0.15, 0.2) is 0 Å². The number of benzene rings is 1. The first-order valence-corrected chi connectivity index (χ1v) is 9.78. The summed E-state index contributed by atoms with van der Waals surface area (Å²) >= 11 is 2.17. The minimum atomic E-state index is -0.746. The van der Waals surface area contributed by atoms with Crippen molar-refractivity contribution in [2.45, 2.75) is 25.8 Å². The van der Waals surface area contributed by atoms with E-state index in [0.29, 0.717) is 12.8 Å². The van der Waals surface area contributed by atoms with E-state index in [0.717, 1.165) is 24.1 Å². The van der Waals surface area contributed by atoms with Crippen LogP contribution >= 0.6 is 30.1 Å². The van der Waals surface area contributed by atoms with Crippen molar-refractivity contribution in [3.8, 4) is 0 Å². The van der Waals surface area contributed by atoms with E-state index < -0.39 is 5.97 Å². The van der Waals surface area contributed by atoms with Crippen LogP contribution < -0.4 is 5.32 Å². The molecule has 0 aliphatic carbocycles. The fourth-order valence-electron chi connectivity index (χ4n) is 1.37. The van der Waals surface area contributed by atoms with Crippen LogP contribution in [0.4, 0.5) is 0 Å². The second kappa shape index (κ2) is 13.4. The highest BCUT2D eigenvalue weighted by atomic mass is 127. The number of carbonyl (C=O) groups excluding carboxylic acids is 1. The van der Waals surface area contributed by atoms with Gasteiger partial charge in [-0.2, -0.15) is 0 Å². The van der Waals surface area contributed by atoms with Gasteiger partial charge in [0.2, 0.25) is 0 Å². The van der Waals surface area contributed by atoms with Crippen LogP contribution in [0.3, 0.4) is 0 Å². The lowest BCUT2D eigenvalue weighted by Gasteiger charge is -2.02. The molecule has 4 nitrogen and oxygen atoms in total.